The van der Waals surface area contributed by atoms with Gasteiger partial charge in [-0.05, 0) is 65.8 Å². The fourth-order valence-electron chi connectivity index (χ4n) is 2.66. The van der Waals surface area contributed by atoms with Crippen LogP contribution in [0.5, 0.6) is 11.5 Å². The number of hydrogen-bond donors (Lipinski definition) is 1. The van der Waals surface area contributed by atoms with Crippen molar-refractivity contribution in [1.82, 2.24) is 9.71 Å². The Morgan fingerprint density at radius 1 is 1.17 bits per heavy atom. The van der Waals surface area contributed by atoms with Crippen LogP contribution in [0.3, 0.4) is 0 Å². The van der Waals surface area contributed by atoms with E-state index in [1.165, 1.54) is 6.92 Å². The summed E-state index contributed by atoms with van der Waals surface area (Å²) in [5.41, 5.74) is 1.76. The molecule has 0 fully saturated rings. The van der Waals surface area contributed by atoms with Gasteiger partial charge >= 0.3 is 5.97 Å². The number of aromatic nitrogens is 1. The quantitative estimate of drug-likeness (QED) is 0.262. The first-order valence-electron chi connectivity index (χ1n) is 9.51. The minimum atomic E-state index is -0.328. The zero-order chi connectivity index (χ0) is 22.7. The van der Waals surface area contributed by atoms with Gasteiger partial charge in [-0.15, -0.1) is 0 Å². The number of fused-ring (bicyclic) bond motifs is 2. The third kappa shape index (κ3) is 7.76. The molecule has 0 aliphatic carbocycles. The number of nitrogens with one attached hydrogen (secondary N) is 1. The SMILES string of the molecule is CC(=O)OC(C)(C)C.CC(C)(C)SNC1c2cc(Br)ccc2Oc2cnc(Cl)cc21. The Kier molecular flexibility index (Phi) is 8.24. The zero-order valence-corrected chi connectivity index (χ0v) is 21.5. The smallest absolute Gasteiger partial charge is 0.303 e. The molecule has 0 saturated carbocycles. The van der Waals surface area contributed by atoms with E-state index in [1.54, 1.807) is 18.1 Å². The summed E-state index contributed by atoms with van der Waals surface area (Å²) < 4.78 is 15.4. The van der Waals surface area contributed by atoms with Crippen LogP contribution in [0.2, 0.25) is 5.15 Å². The van der Waals surface area contributed by atoms with Gasteiger partial charge in [-0.25, -0.2) is 4.98 Å². The average molecular weight is 516 g/mol. The maximum absolute atomic E-state index is 10.2. The number of carbonyl (C=O) groups excluding carboxylic acids is 1. The van der Waals surface area contributed by atoms with Gasteiger partial charge < -0.3 is 9.47 Å². The summed E-state index contributed by atoms with van der Waals surface area (Å²) in [6, 6.07) is 7.88. The lowest BCUT2D eigenvalue weighted by Crippen LogP contribution is -2.25. The minimum Gasteiger partial charge on any atom is -0.460 e. The molecule has 1 aromatic heterocycles. The predicted molar refractivity (Wildman–Crippen MR) is 127 cm³/mol. The summed E-state index contributed by atoms with van der Waals surface area (Å²) in [5.74, 6) is 1.36. The number of benzene rings is 1. The van der Waals surface area contributed by atoms with Crippen molar-refractivity contribution < 1.29 is 14.3 Å². The van der Waals surface area contributed by atoms with Crippen molar-refractivity contribution >= 4 is 45.4 Å². The second-order valence-corrected chi connectivity index (χ2v) is 11.8. The minimum absolute atomic E-state index is 0.000903. The van der Waals surface area contributed by atoms with E-state index in [9.17, 15) is 4.79 Å². The molecule has 0 saturated heterocycles. The topological polar surface area (TPSA) is 60.5 Å². The molecule has 1 unspecified atom stereocenters. The molecule has 164 valence electrons. The first-order chi connectivity index (χ1) is 13.7. The predicted octanol–water partition coefficient (Wildman–Crippen LogP) is 7.08. The molecule has 3 rings (SSSR count). The monoisotopic (exact) mass is 514 g/mol. The van der Waals surface area contributed by atoms with E-state index in [2.05, 4.69) is 52.5 Å². The van der Waals surface area contributed by atoms with Crippen molar-refractivity contribution in [3.8, 4) is 11.5 Å². The van der Waals surface area contributed by atoms with Gasteiger partial charge in [-0.2, -0.15) is 0 Å². The van der Waals surface area contributed by atoms with Gasteiger partial charge in [0.25, 0.3) is 0 Å². The highest BCUT2D eigenvalue weighted by Crippen LogP contribution is 2.45. The summed E-state index contributed by atoms with van der Waals surface area (Å²) in [5, 5.41) is 0.466. The van der Waals surface area contributed by atoms with Crippen LogP contribution in [0.25, 0.3) is 0 Å². The summed E-state index contributed by atoms with van der Waals surface area (Å²) in [7, 11) is 0. The lowest BCUT2D eigenvalue weighted by atomic mass is 9.96. The standard InChI is InChI=1S/C16H16BrClN2OS.C6H12O2/c1-16(2,3)22-20-15-10-6-9(17)4-5-12(10)21-13-8-19-14(18)7-11(13)15;1-5(7)8-6(2,3)4/h4-8,15,20H,1-3H3;1-4H3. The fraction of sp³-hybridized carbons (Fsp3) is 0.455. The molecule has 8 heteroatoms. The number of carbonyl (C=O) groups is 1. The molecule has 2 heterocycles. The Hall–Kier alpha value is -1.28. The van der Waals surface area contributed by atoms with Crippen molar-refractivity contribution in [2.75, 3.05) is 0 Å². The maximum atomic E-state index is 10.2. The van der Waals surface area contributed by atoms with Crippen molar-refractivity contribution in [1.29, 1.82) is 0 Å². The Labute approximate surface area is 196 Å². The van der Waals surface area contributed by atoms with Crippen LogP contribution in [-0.2, 0) is 9.53 Å². The van der Waals surface area contributed by atoms with E-state index in [1.807, 2.05) is 39.0 Å². The summed E-state index contributed by atoms with van der Waals surface area (Å²) in [6.45, 7) is 13.5. The average Bonchev–Trinajstić information content (AvgIpc) is 2.56. The van der Waals surface area contributed by atoms with E-state index in [0.29, 0.717) is 5.15 Å². The Morgan fingerprint density at radius 3 is 2.33 bits per heavy atom. The van der Waals surface area contributed by atoms with Crippen LogP contribution in [0.15, 0.2) is 34.9 Å². The molecule has 1 aliphatic rings. The molecule has 30 heavy (non-hydrogen) atoms. The molecule has 0 spiro atoms. The summed E-state index contributed by atoms with van der Waals surface area (Å²) >= 11 is 11.3. The van der Waals surface area contributed by atoms with E-state index in [4.69, 9.17) is 21.1 Å². The first-order valence-corrected chi connectivity index (χ1v) is 11.5. The molecule has 5 nitrogen and oxygen atoms in total. The van der Waals surface area contributed by atoms with Gasteiger partial charge in [-0.1, -0.05) is 39.5 Å². The van der Waals surface area contributed by atoms with Crippen molar-refractivity contribution in [2.24, 2.45) is 0 Å². The lowest BCUT2D eigenvalue weighted by Gasteiger charge is -2.30. The van der Waals surface area contributed by atoms with E-state index < -0.39 is 0 Å². The summed E-state index contributed by atoms with van der Waals surface area (Å²) in [4.78, 5) is 14.4. The highest BCUT2D eigenvalue weighted by molar-refractivity contribution is 9.10. The fourth-order valence-corrected chi connectivity index (χ4v) is 3.93. The number of halogens is 2. The van der Waals surface area contributed by atoms with Crippen LogP contribution < -0.4 is 9.46 Å². The van der Waals surface area contributed by atoms with Crippen molar-refractivity contribution in [3.05, 3.63) is 51.2 Å². The second kappa shape index (κ2) is 9.90. The van der Waals surface area contributed by atoms with Gasteiger partial charge in [-0.3, -0.25) is 9.52 Å². The number of rotatable bonds is 2. The van der Waals surface area contributed by atoms with Gasteiger partial charge in [0.15, 0.2) is 5.75 Å². The lowest BCUT2D eigenvalue weighted by molar-refractivity contribution is -0.151. The molecule has 0 amide bonds. The zero-order valence-electron chi connectivity index (χ0n) is 18.3. The number of ether oxygens (including phenoxy) is 2. The normalized spacial score (nSPS) is 15.2. The molecular formula is C22H28BrClN2O3S. The van der Waals surface area contributed by atoms with Crippen LogP contribution in [0.1, 0.15) is 65.6 Å². The van der Waals surface area contributed by atoms with Gasteiger partial charge in [0.2, 0.25) is 0 Å². The van der Waals surface area contributed by atoms with Gasteiger partial charge in [0, 0.05) is 27.3 Å². The molecule has 1 N–H and O–H groups in total. The molecule has 1 aromatic carbocycles. The Balaban J connectivity index is 0.000000343. The largest absolute Gasteiger partial charge is 0.460 e. The van der Waals surface area contributed by atoms with Crippen LogP contribution in [0, 0.1) is 0 Å². The second-order valence-electron chi connectivity index (χ2n) is 8.80. The van der Waals surface area contributed by atoms with Gasteiger partial charge in [0.05, 0.1) is 12.2 Å². The molecular weight excluding hydrogens is 488 g/mol. The van der Waals surface area contributed by atoms with Crippen LogP contribution >= 0.6 is 39.5 Å². The molecule has 1 atom stereocenters. The van der Waals surface area contributed by atoms with E-state index in [-0.39, 0.29) is 22.4 Å². The summed E-state index contributed by atoms with van der Waals surface area (Å²) in [6.07, 6.45) is 1.68. The number of hydrogen-bond acceptors (Lipinski definition) is 6. The molecule has 0 radical (unpaired) electrons. The van der Waals surface area contributed by atoms with Gasteiger partial charge in [0.1, 0.15) is 16.5 Å². The maximum Gasteiger partial charge on any atom is 0.303 e. The Bertz CT molecular complexity index is 859. The molecule has 1 aliphatic heterocycles. The van der Waals surface area contributed by atoms with E-state index in [0.717, 1.165) is 27.1 Å². The number of pyridine rings is 1. The van der Waals surface area contributed by atoms with E-state index >= 15 is 0 Å². The number of esters is 1. The third-order valence-corrected chi connectivity index (χ3v) is 5.28. The van der Waals surface area contributed by atoms with Crippen molar-refractivity contribution in [2.45, 2.75) is 64.9 Å². The highest BCUT2D eigenvalue weighted by atomic mass is 79.9. The Morgan fingerprint density at radius 2 is 1.80 bits per heavy atom. The van der Waals surface area contributed by atoms with Crippen molar-refractivity contribution in [3.63, 3.8) is 0 Å². The highest BCUT2D eigenvalue weighted by Gasteiger charge is 2.29. The third-order valence-electron chi connectivity index (χ3n) is 3.61. The van der Waals surface area contributed by atoms with Crippen LogP contribution in [0.4, 0.5) is 0 Å². The van der Waals surface area contributed by atoms with Crippen LogP contribution in [-0.4, -0.2) is 21.3 Å². The first kappa shape index (κ1) is 25.0. The molecule has 0 bridgehead atoms. The number of nitrogens with zero attached hydrogens (tertiary/aromatic N) is 1. The molecule has 2 aromatic rings.